The Balaban J connectivity index is -0.0000000150. The maximum absolute atomic E-state index is 8.33. The summed E-state index contributed by atoms with van der Waals surface area (Å²) in [5.74, 6) is 0. The van der Waals surface area contributed by atoms with Crippen molar-refractivity contribution < 1.29 is 52.7 Å². The Labute approximate surface area is 87.5 Å². The summed E-state index contributed by atoms with van der Waals surface area (Å²) in [5, 5.41) is 16.7. The van der Waals surface area contributed by atoms with E-state index in [1.165, 1.54) is 0 Å². The summed E-state index contributed by atoms with van der Waals surface area (Å²) < 4.78 is 0. The average Bonchev–Trinajstić information content (AvgIpc) is 0.811. The third-order valence-corrected chi connectivity index (χ3v) is 0. The zero-order chi connectivity index (χ0) is 3.58. The molecule has 0 aliphatic carbocycles. The van der Waals surface area contributed by atoms with Gasteiger partial charge in [-0.05, 0) is 6.16 Å². The number of carboxylic acid groups (broad SMARTS) is 2. The van der Waals surface area contributed by atoms with Crippen LogP contribution >= 0.6 is 0 Å². The molecule has 26 valence electrons. The molecule has 0 rings (SSSR count). The monoisotopic (exact) mass is 98.0 g/mol. The second-order valence-electron chi connectivity index (χ2n) is 0.250. The Kier molecular flexibility index (Phi) is 52.9. The molecule has 7 heavy (non-hydrogen) atoms. The van der Waals surface area contributed by atoms with Crippen LogP contribution in [-0.2, 0) is 0 Å². The summed E-state index contributed by atoms with van der Waals surface area (Å²) in [6, 6.07) is 0. The summed E-state index contributed by atoms with van der Waals surface area (Å²) in [5.41, 5.74) is 0. The maximum atomic E-state index is 8.33. The molecule has 0 N–H and O–H groups in total. The molecule has 0 atom stereocenters. The van der Waals surface area contributed by atoms with E-state index in [-0.39, 0.29) is 67.3 Å². The van der Waals surface area contributed by atoms with Crippen LogP contribution in [0.4, 0.5) is 4.79 Å². The van der Waals surface area contributed by atoms with E-state index in [4.69, 9.17) is 15.0 Å². The van der Waals surface area contributed by atoms with E-state index in [2.05, 4.69) is 0 Å². The summed E-state index contributed by atoms with van der Waals surface area (Å²) in [7, 11) is 0. The van der Waals surface area contributed by atoms with Gasteiger partial charge in [0.25, 0.3) is 0 Å². The first-order chi connectivity index (χ1) is 1.73. The Hall–Kier alpha value is 1.46. The van der Waals surface area contributed by atoms with Crippen LogP contribution in [0.2, 0.25) is 0 Å². The topological polar surface area (TPSA) is 63.2 Å². The van der Waals surface area contributed by atoms with Crippen molar-refractivity contribution >= 4 is 35.7 Å². The predicted molar refractivity (Wildman–Crippen MR) is 12.5 cm³/mol. The summed E-state index contributed by atoms with van der Waals surface area (Å²) in [6.07, 6.45) is -2.33. The molecule has 0 aliphatic heterocycles. The van der Waals surface area contributed by atoms with Gasteiger partial charge in [0.2, 0.25) is 0 Å². The van der Waals surface area contributed by atoms with Gasteiger partial charge >= 0.3 is 67.3 Å². The molecule has 0 aromatic heterocycles. The number of carbonyl (C=O) groups excluding carboxylic acids is 1. The standard InChI is InChI=1S/CH2O3.2Li.Na.H/c2-1(3)4;;;;/h(H2,2,3,4);;;;/q;2*+1;;/p-2. The quantitative estimate of drug-likeness (QED) is 0.282. The fraction of sp³-hybridized carbons (Fsp3) is 0. The zero-order valence-electron chi connectivity index (χ0n) is 3.72. The molecule has 6 heteroatoms. The number of hydrogen-bond acceptors (Lipinski definition) is 3. The minimum absolute atomic E-state index is 0. The molecule has 0 bridgehead atoms. The van der Waals surface area contributed by atoms with E-state index in [0.717, 1.165) is 0 Å². The molecular formula is CHLi2NaO3. The molecule has 0 aromatic carbocycles. The molecule has 0 radical (unpaired) electrons. The number of carbonyl (C=O) groups is 1. The molecule has 0 amide bonds. The van der Waals surface area contributed by atoms with Gasteiger partial charge in [0.15, 0.2) is 0 Å². The molecule has 0 unspecified atom stereocenters. The van der Waals surface area contributed by atoms with Crippen LogP contribution in [-0.4, -0.2) is 35.7 Å². The Morgan fingerprint density at radius 1 is 1.14 bits per heavy atom. The van der Waals surface area contributed by atoms with Gasteiger partial charge in [0.1, 0.15) is 0 Å². The van der Waals surface area contributed by atoms with Gasteiger partial charge in [0.05, 0.1) is 0 Å². The van der Waals surface area contributed by atoms with Crippen LogP contribution in [0.15, 0.2) is 0 Å². The van der Waals surface area contributed by atoms with Crippen molar-refractivity contribution in [2.75, 3.05) is 0 Å². The SMILES string of the molecule is O=C([O-])[O-].[Li+].[Li+].[NaH]. The van der Waals surface area contributed by atoms with Gasteiger partial charge in [-0.1, -0.05) is 0 Å². The average molecular weight is 97.9 g/mol. The predicted octanol–water partition coefficient (Wildman–Crippen LogP) is -9.09. The second kappa shape index (κ2) is 15.7. The first-order valence-electron chi connectivity index (χ1n) is 0.612. The van der Waals surface area contributed by atoms with Gasteiger partial charge in [-0.25, -0.2) is 0 Å². The van der Waals surface area contributed by atoms with Gasteiger partial charge < -0.3 is 15.0 Å². The minimum atomic E-state index is -2.33. The first-order valence-corrected chi connectivity index (χ1v) is 0.612. The van der Waals surface area contributed by atoms with Crippen molar-refractivity contribution in [1.82, 2.24) is 0 Å². The van der Waals surface area contributed by atoms with Crippen molar-refractivity contribution in [3.8, 4) is 0 Å². The summed E-state index contributed by atoms with van der Waals surface area (Å²) in [4.78, 5) is 8.33. The van der Waals surface area contributed by atoms with Crippen LogP contribution in [0.3, 0.4) is 0 Å². The normalized spacial score (nSPS) is 3.43. The fourth-order valence-electron chi connectivity index (χ4n) is 0. The molecular weight excluding hydrogens is 96.9 g/mol. The number of hydrogen-bond donors (Lipinski definition) is 0. The van der Waals surface area contributed by atoms with Crippen LogP contribution < -0.4 is 47.9 Å². The van der Waals surface area contributed by atoms with E-state index in [1.807, 2.05) is 0 Å². The molecule has 0 heterocycles. The van der Waals surface area contributed by atoms with Crippen LogP contribution in [0, 0.1) is 0 Å². The molecule has 0 fully saturated rings. The molecule has 0 saturated heterocycles. The summed E-state index contributed by atoms with van der Waals surface area (Å²) >= 11 is 0. The molecule has 0 saturated carbocycles. The van der Waals surface area contributed by atoms with Crippen molar-refractivity contribution in [1.29, 1.82) is 0 Å². The molecule has 3 nitrogen and oxygen atoms in total. The van der Waals surface area contributed by atoms with E-state index in [0.29, 0.717) is 0 Å². The Morgan fingerprint density at radius 3 is 1.14 bits per heavy atom. The van der Waals surface area contributed by atoms with Gasteiger partial charge in [-0.3, -0.25) is 0 Å². The number of rotatable bonds is 0. The third-order valence-electron chi connectivity index (χ3n) is 0. The van der Waals surface area contributed by atoms with Gasteiger partial charge in [0, 0.05) is 0 Å². The van der Waals surface area contributed by atoms with Crippen molar-refractivity contribution in [2.45, 2.75) is 0 Å². The van der Waals surface area contributed by atoms with E-state index >= 15 is 0 Å². The molecule has 0 aliphatic rings. The van der Waals surface area contributed by atoms with Gasteiger partial charge in [-0.15, -0.1) is 0 Å². The van der Waals surface area contributed by atoms with Crippen LogP contribution in [0.25, 0.3) is 0 Å². The fourth-order valence-corrected chi connectivity index (χ4v) is 0. The van der Waals surface area contributed by atoms with Crippen LogP contribution in [0.1, 0.15) is 0 Å². The first kappa shape index (κ1) is 23.7. The second-order valence-corrected chi connectivity index (χ2v) is 0.250. The zero-order valence-corrected chi connectivity index (χ0v) is 3.72. The van der Waals surface area contributed by atoms with E-state index in [1.54, 1.807) is 0 Å². The Bertz CT molecular complexity index is 35.9. The van der Waals surface area contributed by atoms with Crippen molar-refractivity contribution in [2.24, 2.45) is 0 Å². The third kappa shape index (κ3) is 104. The van der Waals surface area contributed by atoms with E-state index in [9.17, 15) is 0 Å². The Morgan fingerprint density at radius 2 is 1.14 bits per heavy atom. The van der Waals surface area contributed by atoms with Crippen LogP contribution in [0.5, 0.6) is 0 Å². The van der Waals surface area contributed by atoms with E-state index < -0.39 is 6.16 Å². The molecule has 0 aromatic rings. The molecule has 0 spiro atoms. The summed E-state index contributed by atoms with van der Waals surface area (Å²) in [6.45, 7) is 0. The van der Waals surface area contributed by atoms with Crippen molar-refractivity contribution in [3.05, 3.63) is 0 Å². The van der Waals surface area contributed by atoms with Gasteiger partial charge in [-0.2, -0.15) is 0 Å². The van der Waals surface area contributed by atoms with Crippen molar-refractivity contribution in [3.63, 3.8) is 0 Å².